The summed E-state index contributed by atoms with van der Waals surface area (Å²) >= 11 is 0. The number of nitrogens with zero attached hydrogens (tertiary/aromatic N) is 2. The maximum absolute atomic E-state index is 4.38. The van der Waals surface area contributed by atoms with Crippen molar-refractivity contribution >= 4 is 0 Å². The Labute approximate surface area is 80.4 Å². The molecule has 1 unspecified atom stereocenters. The van der Waals surface area contributed by atoms with Crippen LogP contribution in [0.3, 0.4) is 0 Å². The molecule has 1 rings (SSSR count). The van der Waals surface area contributed by atoms with Crippen LogP contribution in [0.4, 0.5) is 0 Å². The Bertz CT molecular complexity index is 269. The lowest BCUT2D eigenvalue weighted by molar-refractivity contribution is 0.333. The first-order valence-corrected chi connectivity index (χ1v) is 4.70. The second-order valence-corrected chi connectivity index (χ2v) is 4.67. The van der Waals surface area contributed by atoms with E-state index in [0.717, 1.165) is 11.4 Å². The van der Waals surface area contributed by atoms with E-state index in [0.29, 0.717) is 5.92 Å². The van der Waals surface area contributed by atoms with E-state index in [4.69, 9.17) is 0 Å². The highest BCUT2D eigenvalue weighted by molar-refractivity contribution is 5.08. The van der Waals surface area contributed by atoms with Crippen molar-refractivity contribution in [1.29, 1.82) is 0 Å². The molecule has 0 fully saturated rings. The quantitative estimate of drug-likeness (QED) is 0.660. The van der Waals surface area contributed by atoms with Crippen molar-refractivity contribution < 1.29 is 0 Å². The highest BCUT2D eigenvalue weighted by Crippen LogP contribution is 2.32. The van der Waals surface area contributed by atoms with Crippen LogP contribution in [-0.2, 0) is 0 Å². The van der Waals surface area contributed by atoms with E-state index in [2.05, 4.69) is 37.7 Å². The van der Waals surface area contributed by atoms with Gasteiger partial charge in [0.2, 0.25) is 0 Å². The van der Waals surface area contributed by atoms with Gasteiger partial charge >= 0.3 is 0 Å². The second-order valence-electron chi connectivity index (χ2n) is 4.67. The summed E-state index contributed by atoms with van der Waals surface area (Å²) in [5, 5.41) is 0. The number of aromatic nitrogens is 2. The number of rotatable bonds is 1. The number of hydrogen-bond donors (Lipinski definition) is 0. The van der Waals surface area contributed by atoms with E-state index in [1.165, 1.54) is 0 Å². The zero-order valence-corrected chi connectivity index (χ0v) is 9.13. The van der Waals surface area contributed by atoms with Crippen LogP contribution < -0.4 is 0 Å². The fraction of sp³-hybridized carbons (Fsp3) is 0.636. The van der Waals surface area contributed by atoms with Gasteiger partial charge in [-0.25, -0.2) is 0 Å². The zero-order chi connectivity index (χ0) is 10.1. The van der Waals surface area contributed by atoms with Crippen molar-refractivity contribution in [2.24, 2.45) is 5.41 Å². The average molecular weight is 178 g/mol. The lowest BCUT2D eigenvalue weighted by Gasteiger charge is -2.26. The van der Waals surface area contributed by atoms with Crippen LogP contribution in [0.5, 0.6) is 0 Å². The molecule has 0 aliphatic rings. The van der Waals surface area contributed by atoms with Gasteiger partial charge in [-0.3, -0.25) is 9.97 Å². The van der Waals surface area contributed by atoms with Gasteiger partial charge in [0.25, 0.3) is 0 Å². The van der Waals surface area contributed by atoms with E-state index in [-0.39, 0.29) is 5.41 Å². The first-order chi connectivity index (χ1) is 5.91. The highest BCUT2D eigenvalue weighted by atomic mass is 14.8. The summed E-state index contributed by atoms with van der Waals surface area (Å²) in [6.45, 7) is 10.8. The summed E-state index contributed by atoms with van der Waals surface area (Å²) in [7, 11) is 0. The van der Waals surface area contributed by atoms with Gasteiger partial charge < -0.3 is 0 Å². The standard InChI is InChI=1S/C11H18N2/c1-8-6-13-10(7-12-8)9(2)11(3,4)5/h6-7,9H,1-5H3. The van der Waals surface area contributed by atoms with E-state index >= 15 is 0 Å². The van der Waals surface area contributed by atoms with Gasteiger partial charge in [0.15, 0.2) is 0 Å². The Hall–Kier alpha value is -0.920. The normalized spacial score (nSPS) is 14.2. The molecule has 1 atom stereocenters. The molecule has 1 aromatic heterocycles. The van der Waals surface area contributed by atoms with Gasteiger partial charge in [-0.05, 0) is 12.3 Å². The lowest BCUT2D eigenvalue weighted by Crippen LogP contribution is -2.16. The molecule has 1 aromatic rings. The molecule has 0 aromatic carbocycles. The topological polar surface area (TPSA) is 25.8 Å². The third kappa shape index (κ3) is 2.51. The van der Waals surface area contributed by atoms with E-state index in [1.54, 1.807) is 0 Å². The Morgan fingerprint density at radius 3 is 2.15 bits per heavy atom. The third-order valence-corrected chi connectivity index (χ3v) is 2.54. The molecular formula is C11H18N2. The number of hydrogen-bond acceptors (Lipinski definition) is 2. The van der Waals surface area contributed by atoms with Crippen molar-refractivity contribution in [1.82, 2.24) is 9.97 Å². The monoisotopic (exact) mass is 178 g/mol. The maximum atomic E-state index is 4.38. The van der Waals surface area contributed by atoms with Crippen molar-refractivity contribution in [2.75, 3.05) is 0 Å². The van der Waals surface area contributed by atoms with Gasteiger partial charge in [-0.2, -0.15) is 0 Å². The summed E-state index contributed by atoms with van der Waals surface area (Å²) in [6, 6.07) is 0. The van der Waals surface area contributed by atoms with Gasteiger partial charge in [0.1, 0.15) is 0 Å². The van der Waals surface area contributed by atoms with Crippen molar-refractivity contribution in [3.05, 3.63) is 23.8 Å². The predicted molar refractivity (Wildman–Crippen MR) is 54.6 cm³/mol. The highest BCUT2D eigenvalue weighted by Gasteiger charge is 2.22. The van der Waals surface area contributed by atoms with Crippen LogP contribution in [0.1, 0.15) is 45.0 Å². The minimum Gasteiger partial charge on any atom is -0.258 e. The molecule has 0 N–H and O–H groups in total. The summed E-state index contributed by atoms with van der Waals surface area (Å²) in [5.74, 6) is 0.445. The summed E-state index contributed by atoms with van der Waals surface area (Å²) in [6.07, 6.45) is 3.71. The summed E-state index contributed by atoms with van der Waals surface area (Å²) < 4.78 is 0. The van der Waals surface area contributed by atoms with E-state index in [1.807, 2.05) is 19.3 Å². The third-order valence-electron chi connectivity index (χ3n) is 2.54. The average Bonchev–Trinajstić information content (AvgIpc) is 2.03. The van der Waals surface area contributed by atoms with Crippen LogP contribution in [-0.4, -0.2) is 9.97 Å². The Morgan fingerprint density at radius 2 is 1.77 bits per heavy atom. The van der Waals surface area contributed by atoms with Crippen molar-refractivity contribution in [3.8, 4) is 0 Å². The fourth-order valence-corrected chi connectivity index (χ4v) is 1.07. The second kappa shape index (κ2) is 3.44. The van der Waals surface area contributed by atoms with Crippen LogP contribution in [0, 0.1) is 12.3 Å². The zero-order valence-electron chi connectivity index (χ0n) is 9.13. The predicted octanol–water partition coefficient (Wildman–Crippen LogP) is 2.93. The molecule has 13 heavy (non-hydrogen) atoms. The molecule has 0 saturated carbocycles. The molecule has 1 heterocycles. The SMILES string of the molecule is Cc1cnc(C(C)C(C)(C)C)cn1. The van der Waals surface area contributed by atoms with Gasteiger partial charge in [0, 0.05) is 18.3 Å². The van der Waals surface area contributed by atoms with Gasteiger partial charge in [-0.15, -0.1) is 0 Å². The minimum absolute atomic E-state index is 0.254. The Morgan fingerprint density at radius 1 is 1.15 bits per heavy atom. The summed E-state index contributed by atoms with van der Waals surface area (Å²) in [4.78, 5) is 8.63. The fourth-order valence-electron chi connectivity index (χ4n) is 1.07. The van der Waals surface area contributed by atoms with Crippen molar-refractivity contribution in [3.63, 3.8) is 0 Å². The largest absolute Gasteiger partial charge is 0.258 e. The molecule has 2 heteroatoms. The molecule has 0 bridgehead atoms. The Kier molecular flexibility index (Phi) is 2.69. The first-order valence-electron chi connectivity index (χ1n) is 4.70. The molecule has 0 aliphatic heterocycles. The molecule has 0 amide bonds. The van der Waals surface area contributed by atoms with Crippen LogP contribution in [0.15, 0.2) is 12.4 Å². The maximum Gasteiger partial charge on any atom is 0.0620 e. The Balaban J connectivity index is 2.90. The van der Waals surface area contributed by atoms with Gasteiger partial charge in [0.05, 0.1) is 11.4 Å². The van der Waals surface area contributed by atoms with Gasteiger partial charge in [-0.1, -0.05) is 27.7 Å². The van der Waals surface area contributed by atoms with Crippen LogP contribution >= 0.6 is 0 Å². The minimum atomic E-state index is 0.254. The molecule has 0 aliphatic carbocycles. The molecule has 2 nitrogen and oxygen atoms in total. The molecule has 0 saturated heterocycles. The molecular weight excluding hydrogens is 160 g/mol. The van der Waals surface area contributed by atoms with Crippen LogP contribution in [0.25, 0.3) is 0 Å². The molecule has 0 radical (unpaired) electrons. The molecule has 72 valence electrons. The summed E-state index contributed by atoms with van der Waals surface area (Å²) in [5.41, 5.74) is 2.31. The van der Waals surface area contributed by atoms with E-state index in [9.17, 15) is 0 Å². The number of aryl methyl sites for hydroxylation is 1. The van der Waals surface area contributed by atoms with Crippen molar-refractivity contribution in [2.45, 2.75) is 40.5 Å². The molecule has 0 spiro atoms. The lowest BCUT2D eigenvalue weighted by atomic mass is 9.80. The first kappa shape index (κ1) is 10.2. The van der Waals surface area contributed by atoms with Crippen LogP contribution in [0.2, 0.25) is 0 Å². The van der Waals surface area contributed by atoms with E-state index < -0.39 is 0 Å². The smallest absolute Gasteiger partial charge is 0.0620 e.